The number of likely N-dealkylation sites (tertiary alicyclic amines) is 1. The van der Waals surface area contributed by atoms with Gasteiger partial charge in [-0.05, 0) is 56.0 Å². The lowest BCUT2D eigenvalue weighted by atomic mass is 10.0. The number of rotatable bonds is 3. The third kappa shape index (κ3) is 3.05. The monoisotopic (exact) mass is 387 g/mol. The third-order valence-electron chi connectivity index (χ3n) is 6.32. The first kappa shape index (κ1) is 18.1. The number of nitrogens with one attached hydrogen (secondary N) is 2. The number of nitrogens with zero attached hydrogens (tertiary/aromatic N) is 2. The van der Waals surface area contributed by atoms with E-state index in [4.69, 9.17) is 0 Å². The summed E-state index contributed by atoms with van der Waals surface area (Å²) in [7, 11) is 0. The highest BCUT2D eigenvalue weighted by molar-refractivity contribution is 6.01. The highest BCUT2D eigenvalue weighted by Gasteiger charge is 2.32. The zero-order valence-corrected chi connectivity index (χ0v) is 17.0. The Morgan fingerprint density at radius 2 is 1.93 bits per heavy atom. The van der Waals surface area contributed by atoms with Crippen molar-refractivity contribution in [2.45, 2.75) is 39.2 Å². The average molecular weight is 388 g/mol. The molecule has 0 unspecified atom stereocenters. The van der Waals surface area contributed by atoms with E-state index >= 15 is 0 Å². The largest absolute Gasteiger partial charge is 0.360 e. The molecule has 0 aliphatic carbocycles. The summed E-state index contributed by atoms with van der Waals surface area (Å²) in [5.41, 5.74) is 6.58. The van der Waals surface area contributed by atoms with Crippen LogP contribution in [0.25, 0.3) is 10.9 Å². The number of benzene rings is 2. The number of carbonyl (C=O) groups excluding carboxylic acids is 1. The molecule has 0 saturated carbocycles. The number of H-pyrrole nitrogens is 1. The summed E-state index contributed by atoms with van der Waals surface area (Å²) in [5.74, 6) is 0.137. The molecule has 3 aromatic rings. The third-order valence-corrected chi connectivity index (χ3v) is 6.32. The molecule has 1 amide bonds. The maximum Gasteiger partial charge on any atom is 0.270 e. The molecule has 5 rings (SSSR count). The number of hydrogen-bond donors (Lipinski definition) is 2. The fourth-order valence-electron chi connectivity index (χ4n) is 4.75. The molecule has 1 aromatic heterocycles. The van der Waals surface area contributed by atoms with E-state index < -0.39 is 0 Å². The lowest BCUT2D eigenvalue weighted by Gasteiger charge is -2.37. The van der Waals surface area contributed by atoms with Crippen LogP contribution in [-0.2, 0) is 6.42 Å². The van der Waals surface area contributed by atoms with E-state index in [-0.39, 0.29) is 5.91 Å². The van der Waals surface area contributed by atoms with Crippen molar-refractivity contribution in [2.24, 2.45) is 0 Å². The van der Waals surface area contributed by atoms with E-state index in [2.05, 4.69) is 78.2 Å². The Hall–Kier alpha value is -2.95. The maximum absolute atomic E-state index is 13.3. The van der Waals surface area contributed by atoms with E-state index in [0.29, 0.717) is 6.04 Å². The Labute approximate surface area is 171 Å². The van der Waals surface area contributed by atoms with E-state index in [1.807, 2.05) is 4.90 Å². The van der Waals surface area contributed by atoms with Crippen molar-refractivity contribution in [3.8, 4) is 0 Å². The van der Waals surface area contributed by atoms with Crippen LogP contribution in [0.5, 0.6) is 0 Å². The molecule has 1 saturated heterocycles. The fourth-order valence-corrected chi connectivity index (χ4v) is 4.75. The molecule has 0 bridgehead atoms. The topological polar surface area (TPSA) is 51.4 Å². The highest BCUT2D eigenvalue weighted by Crippen LogP contribution is 2.36. The second kappa shape index (κ2) is 7.14. The number of fused-ring (bicyclic) bond motifs is 2. The van der Waals surface area contributed by atoms with E-state index in [1.165, 1.54) is 16.6 Å². The number of aromatic amines is 1. The zero-order valence-electron chi connectivity index (χ0n) is 17.0. The van der Waals surface area contributed by atoms with Gasteiger partial charge in [0.1, 0.15) is 12.4 Å². The second-order valence-corrected chi connectivity index (χ2v) is 8.10. The van der Waals surface area contributed by atoms with Gasteiger partial charge in [-0.2, -0.15) is 0 Å². The number of amides is 1. The Kier molecular flexibility index (Phi) is 4.46. The van der Waals surface area contributed by atoms with Crippen LogP contribution >= 0.6 is 0 Å². The SMILES string of the molecule is CCc1c(C(=O)N2CCC(N3[CH]Nc4ccccc43)CC2)[nH]c2ccc(C)cc12. The van der Waals surface area contributed by atoms with Crippen LogP contribution in [0.15, 0.2) is 42.5 Å². The molecular formula is C24H27N4O. The molecule has 5 heteroatoms. The first-order valence-electron chi connectivity index (χ1n) is 10.5. The summed E-state index contributed by atoms with van der Waals surface area (Å²) in [6.45, 7) is 7.87. The smallest absolute Gasteiger partial charge is 0.270 e. The molecular weight excluding hydrogens is 360 g/mol. The van der Waals surface area contributed by atoms with Crippen LogP contribution in [0, 0.1) is 13.6 Å². The normalized spacial score (nSPS) is 16.9. The average Bonchev–Trinajstić information content (AvgIpc) is 3.34. The number of aromatic nitrogens is 1. The van der Waals surface area contributed by atoms with Crippen molar-refractivity contribution in [2.75, 3.05) is 23.3 Å². The summed E-state index contributed by atoms with van der Waals surface area (Å²) in [5, 5.41) is 4.54. The highest BCUT2D eigenvalue weighted by atomic mass is 16.2. The lowest BCUT2D eigenvalue weighted by molar-refractivity contribution is 0.0707. The molecule has 5 nitrogen and oxygen atoms in total. The molecule has 1 fully saturated rings. The van der Waals surface area contributed by atoms with Gasteiger partial charge in [-0.3, -0.25) is 4.79 Å². The van der Waals surface area contributed by atoms with Gasteiger partial charge in [0.05, 0.1) is 11.4 Å². The molecule has 2 aliphatic rings. The van der Waals surface area contributed by atoms with Crippen molar-refractivity contribution < 1.29 is 4.79 Å². The molecule has 29 heavy (non-hydrogen) atoms. The number of piperidine rings is 1. The van der Waals surface area contributed by atoms with Crippen LogP contribution in [0.2, 0.25) is 0 Å². The van der Waals surface area contributed by atoms with Crippen molar-refractivity contribution in [1.82, 2.24) is 9.88 Å². The minimum Gasteiger partial charge on any atom is -0.360 e. The van der Waals surface area contributed by atoms with E-state index in [0.717, 1.165) is 54.8 Å². The molecule has 2 aromatic carbocycles. The van der Waals surface area contributed by atoms with Crippen molar-refractivity contribution in [1.29, 1.82) is 0 Å². The van der Waals surface area contributed by atoms with Gasteiger partial charge in [0.2, 0.25) is 0 Å². The van der Waals surface area contributed by atoms with Crippen LogP contribution in [0.1, 0.15) is 41.4 Å². The zero-order chi connectivity index (χ0) is 20.0. The molecule has 2 aliphatic heterocycles. The molecule has 0 spiro atoms. The van der Waals surface area contributed by atoms with Crippen LogP contribution in [0.3, 0.4) is 0 Å². The second-order valence-electron chi connectivity index (χ2n) is 8.10. The molecule has 2 N–H and O–H groups in total. The fraction of sp³-hybridized carbons (Fsp3) is 0.333. The van der Waals surface area contributed by atoms with Crippen LogP contribution < -0.4 is 10.2 Å². The lowest BCUT2D eigenvalue weighted by Crippen LogP contribution is -2.46. The summed E-state index contributed by atoms with van der Waals surface area (Å²) in [6, 6.07) is 15.2. The Balaban J connectivity index is 1.33. The van der Waals surface area contributed by atoms with Gasteiger partial charge in [-0.15, -0.1) is 0 Å². The van der Waals surface area contributed by atoms with Crippen molar-refractivity contribution in [3.05, 3.63) is 66.0 Å². The van der Waals surface area contributed by atoms with Gasteiger partial charge >= 0.3 is 0 Å². The number of para-hydroxylation sites is 2. The van der Waals surface area contributed by atoms with Gasteiger partial charge in [0.15, 0.2) is 0 Å². The van der Waals surface area contributed by atoms with Gasteiger partial charge in [-0.1, -0.05) is 30.7 Å². The minimum absolute atomic E-state index is 0.137. The van der Waals surface area contributed by atoms with Crippen molar-refractivity contribution in [3.63, 3.8) is 0 Å². The van der Waals surface area contributed by atoms with Gasteiger partial charge in [0, 0.05) is 30.0 Å². The van der Waals surface area contributed by atoms with Gasteiger partial charge in [-0.25, -0.2) is 0 Å². The predicted molar refractivity (Wildman–Crippen MR) is 118 cm³/mol. The van der Waals surface area contributed by atoms with Gasteiger partial charge in [0.25, 0.3) is 5.91 Å². The first-order chi connectivity index (χ1) is 14.2. The number of hydrogen-bond acceptors (Lipinski definition) is 3. The Morgan fingerprint density at radius 3 is 2.72 bits per heavy atom. The maximum atomic E-state index is 13.3. The summed E-state index contributed by atoms with van der Waals surface area (Å²) in [4.78, 5) is 21.1. The first-order valence-corrected chi connectivity index (χ1v) is 10.5. The minimum atomic E-state index is 0.137. The standard InChI is InChI=1S/C24H27N4O/c1-3-18-19-14-16(2)8-9-20(19)26-23(18)24(29)27-12-10-17(11-13-27)28-15-25-21-6-4-5-7-22(21)28/h4-9,14-15,17,25-26H,3,10-13H2,1-2H3. The number of carbonyl (C=O) groups is 1. The van der Waals surface area contributed by atoms with Gasteiger partial charge < -0.3 is 20.1 Å². The van der Waals surface area contributed by atoms with Crippen LogP contribution in [0.4, 0.5) is 11.4 Å². The van der Waals surface area contributed by atoms with Crippen molar-refractivity contribution >= 4 is 28.2 Å². The summed E-state index contributed by atoms with van der Waals surface area (Å²) >= 11 is 0. The number of anilines is 2. The number of aryl methyl sites for hydroxylation is 2. The summed E-state index contributed by atoms with van der Waals surface area (Å²) < 4.78 is 0. The Bertz CT molecular complexity index is 1060. The molecule has 0 atom stereocenters. The molecule has 1 radical (unpaired) electrons. The van der Waals surface area contributed by atoms with E-state index in [1.54, 1.807) is 0 Å². The quantitative estimate of drug-likeness (QED) is 0.685. The summed E-state index contributed by atoms with van der Waals surface area (Å²) in [6.07, 6.45) is 2.80. The van der Waals surface area contributed by atoms with E-state index in [9.17, 15) is 4.79 Å². The van der Waals surface area contributed by atoms with Crippen LogP contribution in [-0.4, -0.2) is 34.9 Å². The predicted octanol–water partition coefficient (Wildman–Crippen LogP) is 4.69. The molecule has 149 valence electrons. The molecule has 3 heterocycles. The Morgan fingerprint density at radius 1 is 1.14 bits per heavy atom.